The summed E-state index contributed by atoms with van der Waals surface area (Å²) in [7, 11) is 0. The number of aliphatic imine (C=N–C) groups is 1. The fourth-order valence-corrected chi connectivity index (χ4v) is 3.26. The molecule has 2 atom stereocenters. The fourth-order valence-electron chi connectivity index (χ4n) is 3.26. The third-order valence-corrected chi connectivity index (χ3v) is 4.55. The molecule has 126 valence electrons. The Labute approximate surface area is 135 Å². The second-order valence-electron chi connectivity index (χ2n) is 6.15. The van der Waals surface area contributed by atoms with E-state index in [1.54, 1.807) is 12.3 Å². The Kier molecular flexibility index (Phi) is 4.97. The number of nitrogens with zero attached hydrogens (tertiary/aromatic N) is 2. The van der Waals surface area contributed by atoms with Gasteiger partial charge < -0.3 is 14.4 Å². The molecule has 0 radical (unpaired) electrons. The number of ether oxygens (including phenoxy) is 2. The van der Waals surface area contributed by atoms with E-state index in [2.05, 4.69) is 11.6 Å². The lowest BCUT2D eigenvalue weighted by Gasteiger charge is -2.29. The first kappa shape index (κ1) is 16.0. The Morgan fingerprint density at radius 3 is 2.91 bits per heavy atom. The third kappa shape index (κ3) is 3.73. The number of nitrogens with one attached hydrogen (secondary N) is 1. The van der Waals surface area contributed by atoms with Crippen LogP contribution in [0.5, 0.6) is 0 Å². The van der Waals surface area contributed by atoms with Gasteiger partial charge in [0.15, 0.2) is 5.84 Å². The summed E-state index contributed by atoms with van der Waals surface area (Å²) in [5, 5.41) is 8.84. The van der Waals surface area contributed by atoms with Crippen LogP contribution in [0.4, 0.5) is 0 Å². The topological polar surface area (TPSA) is 83.4 Å². The highest BCUT2D eigenvalue weighted by atomic mass is 16.6. The van der Waals surface area contributed by atoms with E-state index < -0.39 is 0 Å². The zero-order valence-electron chi connectivity index (χ0n) is 13.1. The van der Waals surface area contributed by atoms with E-state index in [-0.39, 0.29) is 24.2 Å². The van der Waals surface area contributed by atoms with Gasteiger partial charge in [-0.2, -0.15) is 0 Å². The summed E-state index contributed by atoms with van der Waals surface area (Å²) in [4.78, 5) is 17.9. The van der Waals surface area contributed by atoms with E-state index in [1.807, 2.05) is 10.4 Å². The van der Waals surface area contributed by atoms with Crippen LogP contribution >= 0.6 is 0 Å². The van der Waals surface area contributed by atoms with Crippen molar-refractivity contribution in [3.8, 4) is 0 Å². The molecule has 0 bridgehead atoms. The predicted octanol–water partition coefficient (Wildman–Crippen LogP) is 1.90. The van der Waals surface area contributed by atoms with E-state index in [9.17, 15) is 4.79 Å². The van der Waals surface area contributed by atoms with Gasteiger partial charge in [-0.15, -0.1) is 0 Å². The molecule has 7 nitrogen and oxygen atoms in total. The Hall–Kier alpha value is -1.86. The number of esters is 1. The van der Waals surface area contributed by atoms with Crippen LogP contribution in [0.2, 0.25) is 0 Å². The first-order valence-corrected chi connectivity index (χ1v) is 8.13. The summed E-state index contributed by atoms with van der Waals surface area (Å²) in [6.45, 7) is 4.17. The molecule has 0 aromatic carbocycles. The molecule has 0 aromatic rings. The Balaban J connectivity index is 1.45. The maximum atomic E-state index is 11.9. The number of amidine groups is 1. The van der Waals surface area contributed by atoms with E-state index in [0.29, 0.717) is 18.3 Å². The lowest BCUT2D eigenvalue weighted by molar-refractivity contribution is -0.153. The number of carbonyl (C=O) groups excluding carboxylic acids is 1. The van der Waals surface area contributed by atoms with Gasteiger partial charge in [0, 0.05) is 6.20 Å². The zero-order chi connectivity index (χ0) is 16.2. The minimum absolute atomic E-state index is 0.0794. The van der Waals surface area contributed by atoms with Crippen LogP contribution in [0.15, 0.2) is 29.7 Å². The molecule has 3 rings (SSSR count). The van der Waals surface area contributed by atoms with Gasteiger partial charge in [0.1, 0.15) is 18.7 Å². The Bertz CT molecular complexity index is 525. The monoisotopic (exact) mass is 321 g/mol. The number of rotatable bonds is 4. The van der Waals surface area contributed by atoms with Crippen LogP contribution in [0.25, 0.3) is 0 Å². The van der Waals surface area contributed by atoms with Crippen LogP contribution in [-0.4, -0.2) is 40.9 Å². The smallest absolute Gasteiger partial charge is 0.309 e. The van der Waals surface area contributed by atoms with Crippen molar-refractivity contribution in [3.05, 3.63) is 24.7 Å². The molecule has 2 heterocycles. The highest BCUT2D eigenvalue weighted by Crippen LogP contribution is 2.29. The standard InChI is InChI=1S/C16H23N3O4/c1-11-17-14(18-21)8-9-19(11)15-7-6-13(23-15)10-22-16(20)12-4-2-3-5-12/h8-9,12-13,15,21H,1-7,10H2,(H,17,18). The van der Waals surface area contributed by atoms with E-state index in [4.69, 9.17) is 14.7 Å². The summed E-state index contributed by atoms with van der Waals surface area (Å²) >= 11 is 0. The van der Waals surface area contributed by atoms with E-state index in [0.717, 1.165) is 38.5 Å². The Morgan fingerprint density at radius 1 is 1.43 bits per heavy atom. The highest BCUT2D eigenvalue weighted by molar-refractivity contribution is 5.93. The summed E-state index contributed by atoms with van der Waals surface area (Å²) in [6.07, 6.45) is 8.94. The quantitative estimate of drug-likeness (QED) is 0.608. The molecule has 2 unspecified atom stereocenters. The molecule has 3 aliphatic rings. The number of hydroxylamine groups is 1. The largest absolute Gasteiger partial charge is 0.463 e. The SMILES string of the molecule is C=C1N=C(NO)C=CN1C1CCC(COC(=O)C2CCCC2)O1. The molecule has 0 spiro atoms. The normalized spacial score (nSPS) is 28.1. The lowest BCUT2D eigenvalue weighted by Crippen LogP contribution is -2.34. The van der Waals surface area contributed by atoms with Crippen molar-refractivity contribution < 1.29 is 19.5 Å². The van der Waals surface area contributed by atoms with Crippen molar-refractivity contribution in [1.29, 1.82) is 0 Å². The van der Waals surface area contributed by atoms with Crippen LogP contribution < -0.4 is 5.48 Å². The molecular formula is C16H23N3O4. The van der Waals surface area contributed by atoms with Gasteiger partial charge in [-0.05, 0) is 31.8 Å². The van der Waals surface area contributed by atoms with Crippen LogP contribution in [0.3, 0.4) is 0 Å². The minimum Gasteiger partial charge on any atom is -0.463 e. The number of carbonyl (C=O) groups is 1. The summed E-state index contributed by atoms with van der Waals surface area (Å²) in [5.74, 6) is 0.833. The molecule has 0 aromatic heterocycles. The lowest BCUT2D eigenvalue weighted by atomic mass is 10.1. The molecule has 1 aliphatic carbocycles. The summed E-state index contributed by atoms with van der Waals surface area (Å²) < 4.78 is 11.4. The molecule has 2 N–H and O–H groups in total. The molecule has 2 fully saturated rings. The number of hydrogen-bond donors (Lipinski definition) is 2. The summed E-state index contributed by atoms with van der Waals surface area (Å²) in [5.41, 5.74) is 1.99. The first-order chi connectivity index (χ1) is 11.2. The average Bonchev–Trinajstić information content (AvgIpc) is 3.24. The predicted molar refractivity (Wildman–Crippen MR) is 83.3 cm³/mol. The van der Waals surface area contributed by atoms with Crippen molar-refractivity contribution in [1.82, 2.24) is 10.4 Å². The van der Waals surface area contributed by atoms with Crippen molar-refractivity contribution >= 4 is 11.8 Å². The first-order valence-electron chi connectivity index (χ1n) is 8.13. The van der Waals surface area contributed by atoms with Crippen molar-refractivity contribution in [2.75, 3.05) is 6.61 Å². The van der Waals surface area contributed by atoms with Crippen LogP contribution in [-0.2, 0) is 14.3 Å². The molecule has 0 amide bonds. The zero-order valence-corrected chi connectivity index (χ0v) is 13.1. The van der Waals surface area contributed by atoms with Gasteiger partial charge in [-0.1, -0.05) is 19.4 Å². The van der Waals surface area contributed by atoms with Crippen molar-refractivity contribution in [3.63, 3.8) is 0 Å². The van der Waals surface area contributed by atoms with Crippen molar-refractivity contribution in [2.24, 2.45) is 10.9 Å². The Morgan fingerprint density at radius 2 is 2.22 bits per heavy atom. The molecule has 1 saturated heterocycles. The molecule has 1 saturated carbocycles. The third-order valence-electron chi connectivity index (χ3n) is 4.55. The van der Waals surface area contributed by atoms with Crippen LogP contribution in [0.1, 0.15) is 38.5 Å². The maximum Gasteiger partial charge on any atom is 0.309 e. The van der Waals surface area contributed by atoms with Gasteiger partial charge in [-0.25, -0.2) is 4.99 Å². The average molecular weight is 321 g/mol. The minimum atomic E-state index is -0.169. The van der Waals surface area contributed by atoms with Gasteiger partial charge in [-0.3, -0.25) is 15.5 Å². The van der Waals surface area contributed by atoms with E-state index in [1.165, 1.54) is 0 Å². The maximum absolute atomic E-state index is 11.9. The number of hydrogen-bond acceptors (Lipinski definition) is 7. The van der Waals surface area contributed by atoms with Crippen molar-refractivity contribution in [2.45, 2.75) is 50.9 Å². The molecule has 7 heteroatoms. The second kappa shape index (κ2) is 7.14. The van der Waals surface area contributed by atoms with Gasteiger partial charge >= 0.3 is 5.97 Å². The van der Waals surface area contributed by atoms with Crippen LogP contribution in [0, 0.1) is 5.92 Å². The van der Waals surface area contributed by atoms with E-state index >= 15 is 0 Å². The molecule has 23 heavy (non-hydrogen) atoms. The molecule has 2 aliphatic heterocycles. The highest BCUT2D eigenvalue weighted by Gasteiger charge is 2.32. The molecular weight excluding hydrogens is 298 g/mol. The second-order valence-corrected chi connectivity index (χ2v) is 6.15. The van der Waals surface area contributed by atoms with Gasteiger partial charge in [0.2, 0.25) is 0 Å². The summed E-state index contributed by atoms with van der Waals surface area (Å²) in [6, 6.07) is 0. The fraction of sp³-hybridized carbons (Fsp3) is 0.625. The van der Waals surface area contributed by atoms with Gasteiger partial charge in [0.05, 0.1) is 12.0 Å². The van der Waals surface area contributed by atoms with Gasteiger partial charge in [0.25, 0.3) is 0 Å².